The normalized spacial score (nSPS) is 15.0. The number of fused-ring (bicyclic) bond motifs is 1. The Bertz CT molecular complexity index is 1890. The van der Waals surface area contributed by atoms with Crippen LogP contribution >= 0.6 is 22.6 Å². The first-order chi connectivity index (χ1) is 23.7. The number of aliphatic hydroxyl groups excluding tert-OH is 1. The maximum Gasteiger partial charge on any atom is 0.337 e. The standard InChI is InChI=1S/C36H37IN4O8/c1-5-47-29-16-23(33-32(35(43)46-4)21(2)39-36(44)40-33)13-14-28(29)48-20-31(42)41-38-18-25-15-26(37)17-30(45-3)34(25)49-19-24-11-8-10-22-9-6-7-12-27(22)24/h6-18,31,33,41-42H,5,19-20H2,1-4H3,(H2,39,40,44)/b38-18+/t31-,33-/m0/s1. The molecule has 0 saturated heterocycles. The minimum Gasteiger partial charge on any atom is -0.493 e. The molecule has 12 nitrogen and oxygen atoms in total. The molecule has 2 atom stereocenters. The van der Waals surface area contributed by atoms with Crippen molar-refractivity contribution in [3.8, 4) is 23.0 Å². The van der Waals surface area contributed by atoms with Crippen molar-refractivity contribution < 1.29 is 38.4 Å². The van der Waals surface area contributed by atoms with E-state index in [2.05, 4.69) is 62.0 Å². The molecule has 13 heteroatoms. The third-order valence-electron chi connectivity index (χ3n) is 7.62. The number of nitrogens with zero attached hydrogens (tertiary/aromatic N) is 1. The predicted molar refractivity (Wildman–Crippen MR) is 193 cm³/mol. The van der Waals surface area contributed by atoms with E-state index in [-0.39, 0.29) is 12.2 Å². The van der Waals surface area contributed by atoms with Crippen molar-refractivity contribution >= 4 is 51.6 Å². The van der Waals surface area contributed by atoms with Gasteiger partial charge in [-0.3, -0.25) is 5.43 Å². The summed E-state index contributed by atoms with van der Waals surface area (Å²) in [6.07, 6.45) is 0.365. The fourth-order valence-corrected chi connectivity index (χ4v) is 5.99. The number of amides is 2. The first-order valence-electron chi connectivity index (χ1n) is 15.4. The number of ether oxygens (including phenoxy) is 5. The molecule has 0 bridgehead atoms. The van der Waals surface area contributed by atoms with Crippen LogP contribution in [-0.4, -0.2) is 57.0 Å². The number of hydrogen-bond acceptors (Lipinski definition) is 10. The molecule has 256 valence electrons. The van der Waals surface area contributed by atoms with E-state index in [1.165, 1.54) is 7.11 Å². The number of nitrogens with one attached hydrogen (secondary N) is 3. The molecule has 5 rings (SSSR count). The van der Waals surface area contributed by atoms with Gasteiger partial charge in [0.15, 0.2) is 29.2 Å². The summed E-state index contributed by atoms with van der Waals surface area (Å²) in [5, 5.41) is 22.5. The minimum absolute atomic E-state index is 0.173. The lowest BCUT2D eigenvalue weighted by atomic mass is 9.95. The van der Waals surface area contributed by atoms with Gasteiger partial charge < -0.3 is 39.4 Å². The number of benzene rings is 4. The van der Waals surface area contributed by atoms with Gasteiger partial charge >= 0.3 is 12.0 Å². The molecule has 0 unspecified atom stereocenters. The highest BCUT2D eigenvalue weighted by molar-refractivity contribution is 14.1. The monoisotopic (exact) mass is 780 g/mol. The van der Waals surface area contributed by atoms with Gasteiger partial charge in [0.1, 0.15) is 13.2 Å². The molecule has 1 aliphatic rings. The molecular weight excluding hydrogens is 743 g/mol. The zero-order valence-electron chi connectivity index (χ0n) is 27.4. The van der Waals surface area contributed by atoms with Gasteiger partial charge in [0.05, 0.1) is 38.7 Å². The van der Waals surface area contributed by atoms with Crippen LogP contribution in [0.2, 0.25) is 0 Å². The third-order valence-corrected chi connectivity index (χ3v) is 8.24. The Hall–Kier alpha value is -5.02. The van der Waals surface area contributed by atoms with Crippen molar-refractivity contribution in [2.45, 2.75) is 32.7 Å². The SMILES string of the molecule is CCOc1cc([C@@H]2NC(=O)NC(C)=C2C(=O)OC)ccc1OC[C@H](O)N/N=C/c1cc(I)cc(OC)c1OCc1cccc2ccccc12. The van der Waals surface area contributed by atoms with Gasteiger partial charge in [0, 0.05) is 14.8 Å². The quantitative estimate of drug-likeness (QED) is 0.0425. The summed E-state index contributed by atoms with van der Waals surface area (Å²) in [6.45, 7) is 3.91. The minimum atomic E-state index is -1.18. The first-order valence-corrected chi connectivity index (χ1v) is 16.5. The largest absolute Gasteiger partial charge is 0.493 e. The summed E-state index contributed by atoms with van der Waals surface area (Å²) in [5.74, 6) is 1.21. The molecule has 0 aliphatic carbocycles. The third kappa shape index (κ3) is 8.53. The summed E-state index contributed by atoms with van der Waals surface area (Å²) in [5.41, 5.74) is 5.60. The lowest BCUT2D eigenvalue weighted by molar-refractivity contribution is -0.136. The second-order valence-corrected chi connectivity index (χ2v) is 12.1. The Morgan fingerprint density at radius 2 is 1.82 bits per heavy atom. The molecule has 0 radical (unpaired) electrons. The molecule has 49 heavy (non-hydrogen) atoms. The first kappa shape index (κ1) is 35.3. The predicted octanol–water partition coefficient (Wildman–Crippen LogP) is 5.55. The molecule has 0 saturated carbocycles. The van der Waals surface area contributed by atoms with Crippen molar-refractivity contribution in [3.63, 3.8) is 0 Å². The lowest BCUT2D eigenvalue weighted by Crippen LogP contribution is -2.45. The topological polar surface area (TPSA) is 149 Å². The summed E-state index contributed by atoms with van der Waals surface area (Å²) in [4.78, 5) is 24.7. The highest BCUT2D eigenvalue weighted by Crippen LogP contribution is 2.36. The Balaban J connectivity index is 1.27. The van der Waals surface area contributed by atoms with E-state index in [1.807, 2.05) is 43.3 Å². The Labute approximate surface area is 297 Å². The Kier molecular flexibility index (Phi) is 11.8. The van der Waals surface area contributed by atoms with Crippen LogP contribution in [0.4, 0.5) is 4.79 Å². The summed E-state index contributed by atoms with van der Waals surface area (Å²) in [6, 6.07) is 21.8. The van der Waals surface area contributed by atoms with Gasteiger partial charge in [-0.05, 0) is 82.6 Å². The van der Waals surface area contributed by atoms with Crippen molar-refractivity contribution in [1.29, 1.82) is 0 Å². The number of urea groups is 1. The average Bonchev–Trinajstić information content (AvgIpc) is 3.09. The summed E-state index contributed by atoms with van der Waals surface area (Å²) < 4.78 is 29.4. The Morgan fingerprint density at radius 1 is 1.02 bits per heavy atom. The van der Waals surface area contributed by atoms with E-state index in [4.69, 9.17) is 23.7 Å². The van der Waals surface area contributed by atoms with Crippen LogP contribution in [0.1, 0.15) is 36.6 Å². The molecule has 0 aromatic heterocycles. The molecule has 4 aromatic carbocycles. The maximum atomic E-state index is 12.5. The maximum absolute atomic E-state index is 12.5. The van der Waals surface area contributed by atoms with Gasteiger partial charge in [-0.1, -0.05) is 48.5 Å². The van der Waals surface area contributed by atoms with Gasteiger partial charge in [-0.15, -0.1) is 0 Å². The number of carbonyl (C=O) groups excluding carboxylic acids is 2. The molecule has 1 heterocycles. The fourth-order valence-electron chi connectivity index (χ4n) is 5.37. The van der Waals surface area contributed by atoms with Crippen molar-refractivity contribution in [2.75, 3.05) is 27.4 Å². The number of aliphatic hydroxyl groups is 1. The van der Waals surface area contributed by atoms with Gasteiger partial charge in [0.2, 0.25) is 0 Å². The van der Waals surface area contributed by atoms with E-state index >= 15 is 0 Å². The van der Waals surface area contributed by atoms with Crippen LogP contribution in [0.3, 0.4) is 0 Å². The van der Waals surface area contributed by atoms with Crippen LogP contribution in [0.5, 0.6) is 23.0 Å². The lowest BCUT2D eigenvalue weighted by Gasteiger charge is -2.28. The van der Waals surface area contributed by atoms with Gasteiger partial charge in [-0.2, -0.15) is 5.10 Å². The number of halogens is 1. The molecule has 4 aromatic rings. The molecular formula is C36H37IN4O8. The van der Waals surface area contributed by atoms with E-state index < -0.39 is 24.3 Å². The Morgan fingerprint density at radius 3 is 2.59 bits per heavy atom. The number of rotatable bonds is 14. The number of allylic oxidation sites excluding steroid dienone is 1. The van der Waals surface area contributed by atoms with Crippen LogP contribution in [0, 0.1) is 3.57 Å². The van der Waals surface area contributed by atoms with Crippen LogP contribution in [0.25, 0.3) is 10.8 Å². The zero-order valence-corrected chi connectivity index (χ0v) is 29.6. The molecule has 0 fully saturated rings. The van der Waals surface area contributed by atoms with Gasteiger partial charge in [0.25, 0.3) is 0 Å². The van der Waals surface area contributed by atoms with Crippen molar-refractivity contribution in [1.82, 2.24) is 16.1 Å². The molecule has 4 N–H and O–H groups in total. The zero-order chi connectivity index (χ0) is 34.9. The van der Waals surface area contributed by atoms with Crippen LogP contribution < -0.4 is 35.0 Å². The fraction of sp³-hybridized carbons (Fsp3) is 0.250. The van der Waals surface area contributed by atoms with Crippen molar-refractivity contribution in [2.24, 2.45) is 5.10 Å². The molecule has 0 spiro atoms. The molecule has 2 amide bonds. The number of hydrazone groups is 1. The number of esters is 1. The summed E-state index contributed by atoms with van der Waals surface area (Å²) in [7, 11) is 2.86. The number of carbonyl (C=O) groups is 2. The second kappa shape index (κ2) is 16.4. The van der Waals surface area contributed by atoms with Crippen LogP contribution in [-0.2, 0) is 16.1 Å². The van der Waals surface area contributed by atoms with E-state index in [9.17, 15) is 14.7 Å². The smallest absolute Gasteiger partial charge is 0.337 e. The van der Waals surface area contributed by atoms with Crippen LogP contribution in [0.15, 0.2) is 89.2 Å². The number of hydrogen-bond donors (Lipinski definition) is 4. The second-order valence-electron chi connectivity index (χ2n) is 10.9. The van der Waals surface area contributed by atoms with E-state index in [0.29, 0.717) is 53.0 Å². The van der Waals surface area contributed by atoms with Crippen molar-refractivity contribution in [3.05, 3.63) is 104 Å². The van der Waals surface area contributed by atoms with Gasteiger partial charge in [-0.25, -0.2) is 9.59 Å². The number of methoxy groups -OCH3 is 2. The highest BCUT2D eigenvalue weighted by Gasteiger charge is 2.32. The van der Waals surface area contributed by atoms with E-state index in [1.54, 1.807) is 38.4 Å². The van der Waals surface area contributed by atoms with E-state index in [0.717, 1.165) is 19.9 Å². The highest BCUT2D eigenvalue weighted by atomic mass is 127. The average molecular weight is 781 g/mol. The molecule has 1 aliphatic heterocycles. The summed E-state index contributed by atoms with van der Waals surface area (Å²) >= 11 is 2.19.